The number of hydrogen-bond acceptors (Lipinski definition) is 4. The van der Waals surface area contributed by atoms with Gasteiger partial charge in [0.05, 0.1) is 11.3 Å². The van der Waals surface area contributed by atoms with Crippen LogP contribution >= 0.6 is 0 Å². The van der Waals surface area contributed by atoms with Gasteiger partial charge in [0.2, 0.25) is 0 Å². The van der Waals surface area contributed by atoms with Crippen LogP contribution in [-0.2, 0) is 19.4 Å². The number of carbonyl (C=O) groups excluding carboxylic acids is 1. The van der Waals surface area contributed by atoms with Gasteiger partial charge in [0.25, 0.3) is 5.91 Å². The predicted octanol–water partition coefficient (Wildman–Crippen LogP) is 3.06. The number of benzene rings is 1. The minimum Gasteiger partial charge on any atom is -0.507 e. The lowest BCUT2D eigenvalue weighted by Crippen LogP contribution is -2.44. The number of nitrogens with zero attached hydrogens (tertiary/aromatic N) is 2. The third-order valence-electron chi connectivity index (χ3n) is 5.84. The van der Waals surface area contributed by atoms with Crippen LogP contribution in [0.1, 0.15) is 52.9 Å². The molecule has 2 aromatic rings. The Morgan fingerprint density at radius 3 is 2.74 bits per heavy atom. The number of phenols is 1. The number of aromatic hydroxyl groups is 1. The van der Waals surface area contributed by atoms with Gasteiger partial charge in [-0.1, -0.05) is 12.1 Å². The summed E-state index contributed by atoms with van der Waals surface area (Å²) >= 11 is 0. The summed E-state index contributed by atoms with van der Waals surface area (Å²) in [6.45, 7) is 2.23. The molecule has 1 aromatic heterocycles. The van der Waals surface area contributed by atoms with Crippen LogP contribution in [-0.4, -0.2) is 40.0 Å². The first-order valence-electron chi connectivity index (χ1n) is 9.98. The number of aryl methyl sites for hydroxylation is 1. The Hall–Kier alpha value is -2.40. The summed E-state index contributed by atoms with van der Waals surface area (Å²) in [5.41, 5.74) is 4.50. The molecule has 5 heteroatoms. The quantitative estimate of drug-likeness (QED) is 0.874. The van der Waals surface area contributed by atoms with Crippen molar-refractivity contribution in [2.24, 2.45) is 0 Å². The van der Waals surface area contributed by atoms with E-state index in [4.69, 9.17) is 0 Å². The normalized spacial score (nSPS) is 17.6. The number of likely N-dealkylation sites (tertiary alicyclic amines) is 1. The number of fused-ring (bicyclic) bond motifs is 1. The zero-order valence-corrected chi connectivity index (χ0v) is 15.7. The molecule has 1 saturated heterocycles. The third kappa shape index (κ3) is 3.98. The van der Waals surface area contributed by atoms with E-state index in [1.807, 2.05) is 11.1 Å². The zero-order valence-electron chi connectivity index (χ0n) is 15.7. The van der Waals surface area contributed by atoms with Crippen LogP contribution in [0.4, 0.5) is 0 Å². The van der Waals surface area contributed by atoms with Crippen LogP contribution in [0.3, 0.4) is 0 Å². The molecule has 2 heterocycles. The van der Waals surface area contributed by atoms with Crippen LogP contribution in [0.15, 0.2) is 36.5 Å². The molecule has 2 aliphatic rings. The van der Waals surface area contributed by atoms with Crippen molar-refractivity contribution < 1.29 is 9.90 Å². The summed E-state index contributed by atoms with van der Waals surface area (Å²) < 4.78 is 0. The predicted molar refractivity (Wildman–Crippen MR) is 105 cm³/mol. The van der Waals surface area contributed by atoms with E-state index < -0.39 is 0 Å². The second-order valence-corrected chi connectivity index (χ2v) is 7.57. The fourth-order valence-corrected chi connectivity index (χ4v) is 4.24. The molecule has 2 N–H and O–H groups in total. The average Bonchev–Trinajstić information content (AvgIpc) is 2.72. The van der Waals surface area contributed by atoms with Crippen LogP contribution in [0.5, 0.6) is 5.75 Å². The second-order valence-electron chi connectivity index (χ2n) is 7.57. The van der Waals surface area contributed by atoms with Crippen LogP contribution < -0.4 is 5.32 Å². The third-order valence-corrected chi connectivity index (χ3v) is 5.84. The molecular weight excluding hydrogens is 338 g/mol. The number of para-hydroxylation sites is 1. The van der Waals surface area contributed by atoms with Crippen molar-refractivity contribution in [3.8, 4) is 5.75 Å². The topological polar surface area (TPSA) is 65.5 Å². The zero-order chi connectivity index (χ0) is 18.6. The molecule has 1 amide bonds. The molecule has 1 aliphatic heterocycles. The lowest BCUT2D eigenvalue weighted by Gasteiger charge is -2.33. The monoisotopic (exact) mass is 365 g/mol. The van der Waals surface area contributed by atoms with Crippen molar-refractivity contribution in [2.45, 2.75) is 51.1 Å². The first kappa shape index (κ1) is 18.0. The van der Waals surface area contributed by atoms with Crippen molar-refractivity contribution in [1.82, 2.24) is 15.2 Å². The van der Waals surface area contributed by atoms with Crippen LogP contribution in [0.2, 0.25) is 0 Å². The van der Waals surface area contributed by atoms with Crippen molar-refractivity contribution in [3.63, 3.8) is 0 Å². The van der Waals surface area contributed by atoms with E-state index in [1.54, 1.807) is 24.3 Å². The standard InChI is InChI=1S/C22H27N3O2/c26-21-8-4-3-7-19(21)22(27)25-13-10-17(11-14-25)24-15-20-18-6-2-1-5-16(18)9-12-23-20/h3-4,7-9,12,17,24,26H,1-2,5-6,10-11,13-15H2. The van der Waals surface area contributed by atoms with Gasteiger partial charge in [-0.25, -0.2) is 0 Å². The summed E-state index contributed by atoms with van der Waals surface area (Å²) in [7, 11) is 0. The second kappa shape index (κ2) is 8.09. The first-order valence-corrected chi connectivity index (χ1v) is 9.98. The molecule has 0 bridgehead atoms. The highest BCUT2D eigenvalue weighted by molar-refractivity contribution is 5.96. The van der Waals surface area contributed by atoms with E-state index in [1.165, 1.54) is 36.1 Å². The SMILES string of the molecule is O=C(c1ccccc1O)N1CCC(NCc2nccc3c2CCCC3)CC1. The molecule has 5 nitrogen and oxygen atoms in total. The van der Waals surface area contributed by atoms with Crippen molar-refractivity contribution in [1.29, 1.82) is 0 Å². The smallest absolute Gasteiger partial charge is 0.257 e. The van der Waals surface area contributed by atoms with Crippen LogP contribution in [0, 0.1) is 0 Å². The van der Waals surface area contributed by atoms with Gasteiger partial charge in [-0.2, -0.15) is 0 Å². The minimum atomic E-state index is -0.0784. The highest BCUT2D eigenvalue weighted by Gasteiger charge is 2.25. The maximum atomic E-state index is 12.6. The maximum Gasteiger partial charge on any atom is 0.257 e. The summed E-state index contributed by atoms with van der Waals surface area (Å²) in [4.78, 5) is 19.1. The Balaban J connectivity index is 1.31. The van der Waals surface area contributed by atoms with Gasteiger partial charge in [-0.3, -0.25) is 9.78 Å². The van der Waals surface area contributed by atoms with Gasteiger partial charge in [0, 0.05) is 31.9 Å². The highest BCUT2D eigenvalue weighted by atomic mass is 16.3. The highest BCUT2D eigenvalue weighted by Crippen LogP contribution is 2.24. The van der Waals surface area contributed by atoms with Gasteiger partial charge >= 0.3 is 0 Å². The summed E-state index contributed by atoms with van der Waals surface area (Å²) in [5, 5.41) is 13.6. The number of aromatic nitrogens is 1. The largest absolute Gasteiger partial charge is 0.507 e. The number of amides is 1. The van der Waals surface area contributed by atoms with E-state index in [-0.39, 0.29) is 11.7 Å². The molecule has 27 heavy (non-hydrogen) atoms. The summed E-state index contributed by atoms with van der Waals surface area (Å²) in [5.74, 6) is -0.0204. The summed E-state index contributed by atoms with van der Waals surface area (Å²) in [6.07, 6.45) is 8.66. The number of nitrogens with one attached hydrogen (secondary N) is 1. The van der Waals surface area contributed by atoms with E-state index >= 15 is 0 Å². The molecule has 4 rings (SSSR count). The Labute approximate surface area is 160 Å². The number of rotatable bonds is 4. The fraction of sp³-hybridized carbons (Fsp3) is 0.455. The van der Waals surface area contributed by atoms with E-state index in [0.29, 0.717) is 24.7 Å². The Morgan fingerprint density at radius 2 is 1.93 bits per heavy atom. The van der Waals surface area contributed by atoms with E-state index in [0.717, 1.165) is 25.8 Å². The average molecular weight is 365 g/mol. The first-order chi connectivity index (χ1) is 13.2. The van der Waals surface area contributed by atoms with Crippen LogP contribution in [0.25, 0.3) is 0 Å². The number of phenolic OH excluding ortho intramolecular Hbond substituents is 1. The molecular formula is C22H27N3O2. The lowest BCUT2D eigenvalue weighted by atomic mass is 9.91. The lowest BCUT2D eigenvalue weighted by molar-refractivity contribution is 0.0701. The Bertz CT molecular complexity index is 813. The molecule has 142 valence electrons. The van der Waals surface area contributed by atoms with Gasteiger partial charge in [-0.05, 0) is 67.9 Å². The van der Waals surface area contributed by atoms with Crippen molar-refractivity contribution in [2.75, 3.05) is 13.1 Å². The molecule has 0 saturated carbocycles. The molecule has 0 unspecified atom stereocenters. The van der Waals surface area contributed by atoms with E-state index in [2.05, 4.69) is 16.4 Å². The number of hydrogen-bond donors (Lipinski definition) is 2. The minimum absolute atomic E-state index is 0.0580. The Kier molecular flexibility index (Phi) is 5.39. The Morgan fingerprint density at radius 1 is 1.15 bits per heavy atom. The van der Waals surface area contributed by atoms with Crippen molar-refractivity contribution >= 4 is 5.91 Å². The maximum absolute atomic E-state index is 12.6. The summed E-state index contributed by atoms with van der Waals surface area (Å²) in [6, 6.07) is 9.34. The van der Waals surface area contributed by atoms with Gasteiger partial charge in [0.15, 0.2) is 0 Å². The number of pyridine rings is 1. The van der Waals surface area contributed by atoms with Gasteiger partial charge in [0.1, 0.15) is 5.75 Å². The molecule has 0 atom stereocenters. The molecule has 1 fully saturated rings. The molecule has 1 aliphatic carbocycles. The number of carbonyl (C=O) groups is 1. The van der Waals surface area contributed by atoms with Gasteiger partial charge < -0.3 is 15.3 Å². The molecule has 0 spiro atoms. The molecule has 1 aromatic carbocycles. The van der Waals surface area contributed by atoms with Crippen molar-refractivity contribution in [3.05, 3.63) is 58.9 Å². The van der Waals surface area contributed by atoms with E-state index in [9.17, 15) is 9.90 Å². The number of piperidine rings is 1. The molecule has 0 radical (unpaired) electrons. The fourth-order valence-electron chi connectivity index (χ4n) is 4.24. The van der Waals surface area contributed by atoms with Gasteiger partial charge in [-0.15, -0.1) is 0 Å².